The van der Waals surface area contributed by atoms with Crippen LogP contribution in [0.2, 0.25) is 0 Å². The van der Waals surface area contributed by atoms with Crippen molar-refractivity contribution >= 4 is 31.6 Å². The molecule has 0 fully saturated rings. The summed E-state index contributed by atoms with van der Waals surface area (Å²) in [5.74, 6) is 1.43. The van der Waals surface area contributed by atoms with E-state index in [2.05, 4.69) is 26.6 Å². The van der Waals surface area contributed by atoms with Gasteiger partial charge in [0.05, 0.1) is 6.04 Å². The normalized spacial score (nSPS) is 12.9. The van der Waals surface area contributed by atoms with Gasteiger partial charge >= 0.3 is 0 Å². The number of rotatable bonds is 5. The number of anilines is 1. The summed E-state index contributed by atoms with van der Waals surface area (Å²) in [6, 6.07) is 1.40. The van der Waals surface area contributed by atoms with Gasteiger partial charge in [-0.2, -0.15) is 4.72 Å². The maximum atomic E-state index is 13.7. The van der Waals surface area contributed by atoms with Crippen LogP contribution in [0.25, 0.3) is 0 Å². The Hall–Kier alpha value is -1.10. The lowest BCUT2D eigenvalue weighted by Crippen LogP contribution is -2.34. The van der Waals surface area contributed by atoms with E-state index in [1.54, 1.807) is 0 Å². The maximum Gasteiger partial charge on any atom is 0.244 e. The third kappa shape index (κ3) is 3.93. The first-order valence-corrected chi connectivity index (χ1v) is 7.82. The van der Waals surface area contributed by atoms with E-state index in [-0.39, 0.29) is 5.69 Å². The number of nitrogens with one attached hydrogen (secondary N) is 1. The summed E-state index contributed by atoms with van der Waals surface area (Å²) in [4.78, 5) is -0.510. The van der Waals surface area contributed by atoms with Gasteiger partial charge in [-0.25, -0.2) is 12.8 Å². The maximum absolute atomic E-state index is 13.7. The van der Waals surface area contributed by atoms with Crippen LogP contribution in [0.15, 0.2) is 21.5 Å². The molecule has 7 heteroatoms. The summed E-state index contributed by atoms with van der Waals surface area (Å²) < 4.78 is 40.4. The zero-order chi connectivity index (χ0) is 14.6. The molecule has 1 rings (SSSR count). The van der Waals surface area contributed by atoms with Crippen molar-refractivity contribution in [2.75, 3.05) is 5.73 Å². The minimum Gasteiger partial charge on any atom is -0.398 e. The Balaban J connectivity index is 3.14. The minimum absolute atomic E-state index is 0.134. The minimum atomic E-state index is -4.03. The second kappa shape index (κ2) is 6.37. The summed E-state index contributed by atoms with van der Waals surface area (Å²) in [6.45, 7) is 1.87. The van der Waals surface area contributed by atoms with E-state index in [1.807, 2.05) is 6.92 Å². The van der Waals surface area contributed by atoms with Crippen molar-refractivity contribution in [1.82, 2.24) is 4.72 Å². The van der Waals surface area contributed by atoms with Crippen LogP contribution in [-0.2, 0) is 10.0 Å². The quantitative estimate of drug-likeness (QED) is 0.633. The standard InChI is InChI=1S/C12H14BrFN2O2S/c1-3-5-8(4-2)16-19(17,18)12-7-11(15)9(13)6-10(12)14/h2,6-8,16H,3,5,15H2,1H3. The second-order valence-corrected chi connectivity index (χ2v) is 6.47. The average molecular weight is 349 g/mol. The topological polar surface area (TPSA) is 72.2 Å². The molecule has 0 saturated carbocycles. The molecule has 0 spiro atoms. The van der Waals surface area contributed by atoms with E-state index in [9.17, 15) is 12.8 Å². The molecule has 0 saturated heterocycles. The van der Waals surface area contributed by atoms with Crippen molar-refractivity contribution in [2.45, 2.75) is 30.7 Å². The lowest BCUT2D eigenvalue weighted by atomic mass is 10.2. The smallest absolute Gasteiger partial charge is 0.244 e. The van der Waals surface area contributed by atoms with E-state index < -0.39 is 26.8 Å². The van der Waals surface area contributed by atoms with Crippen molar-refractivity contribution in [3.63, 3.8) is 0 Å². The molecule has 0 aliphatic heterocycles. The zero-order valence-electron chi connectivity index (χ0n) is 10.3. The number of sulfonamides is 1. The Morgan fingerprint density at radius 1 is 1.58 bits per heavy atom. The number of hydrogen-bond donors (Lipinski definition) is 2. The molecule has 1 aromatic rings. The van der Waals surface area contributed by atoms with Gasteiger partial charge in [0.25, 0.3) is 0 Å². The molecule has 1 atom stereocenters. The molecular weight excluding hydrogens is 335 g/mol. The first-order chi connectivity index (χ1) is 8.81. The summed E-state index contributed by atoms with van der Waals surface area (Å²) >= 11 is 3.02. The van der Waals surface area contributed by atoms with Gasteiger partial charge < -0.3 is 5.73 Å². The molecule has 0 bridgehead atoms. The molecule has 1 unspecified atom stereocenters. The van der Waals surface area contributed by atoms with E-state index in [4.69, 9.17) is 12.2 Å². The SMILES string of the molecule is C#CC(CCC)NS(=O)(=O)c1cc(N)c(Br)cc1F. The fraction of sp³-hybridized carbons (Fsp3) is 0.333. The number of nitrogen functional groups attached to an aromatic ring is 1. The van der Waals surface area contributed by atoms with E-state index in [1.165, 1.54) is 0 Å². The third-order valence-corrected chi connectivity index (χ3v) is 4.59. The van der Waals surface area contributed by atoms with Gasteiger partial charge in [-0.05, 0) is 34.5 Å². The fourth-order valence-electron chi connectivity index (χ4n) is 1.47. The average Bonchev–Trinajstić information content (AvgIpc) is 2.32. The molecule has 0 aliphatic carbocycles. The molecule has 19 heavy (non-hydrogen) atoms. The van der Waals surface area contributed by atoms with Gasteiger partial charge in [0.2, 0.25) is 10.0 Å². The van der Waals surface area contributed by atoms with Crippen LogP contribution in [0.1, 0.15) is 19.8 Å². The molecule has 0 aromatic heterocycles. The van der Waals surface area contributed by atoms with Gasteiger partial charge in [0.1, 0.15) is 10.7 Å². The molecule has 0 radical (unpaired) electrons. The highest BCUT2D eigenvalue weighted by molar-refractivity contribution is 9.10. The molecule has 0 aliphatic rings. The first kappa shape index (κ1) is 16.0. The Morgan fingerprint density at radius 2 is 2.21 bits per heavy atom. The lowest BCUT2D eigenvalue weighted by molar-refractivity contribution is 0.545. The van der Waals surface area contributed by atoms with Crippen molar-refractivity contribution < 1.29 is 12.8 Å². The first-order valence-electron chi connectivity index (χ1n) is 5.54. The second-order valence-electron chi connectivity index (χ2n) is 3.93. The van der Waals surface area contributed by atoms with Crippen LogP contribution >= 0.6 is 15.9 Å². The molecular formula is C12H14BrFN2O2S. The predicted octanol–water partition coefficient (Wildman–Crippen LogP) is 2.25. The molecule has 104 valence electrons. The number of terminal acetylenes is 1. The predicted molar refractivity (Wildman–Crippen MR) is 76.4 cm³/mol. The lowest BCUT2D eigenvalue weighted by Gasteiger charge is -2.13. The highest BCUT2D eigenvalue weighted by atomic mass is 79.9. The van der Waals surface area contributed by atoms with Gasteiger partial charge in [-0.3, -0.25) is 0 Å². The Bertz CT molecular complexity index is 611. The summed E-state index contributed by atoms with van der Waals surface area (Å²) in [7, 11) is -4.03. The molecule has 0 heterocycles. The number of benzene rings is 1. The van der Waals surface area contributed by atoms with E-state index >= 15 is 0 Å². The van der Waals surface area contributed by atoms with Crippen LogP contribution in [0.5, 0.6) is 0 Å². The monoisotopic (exact) mass is 348 g/mol. The van der Waals surface area contributed by atoms with Crippen molar-refractivity contribution in [1.29, 1.82) is 0 Å². The van der Waals surface area contributed by atoms with Crippen molar-refractivity contribution in [2.24, 2.45) is 0 Å². The van der Waals surface area contributed by atoms with E-state index in [0.29, 0.717) is 17.3 Å². The van der Waals surface area contributed by atoms with Crippen LogP contribution in [0.4, 0.5) is 10.1 Å². The molecule has 3 N–H and O–H groups in total. The van der Waals surface area contributed by atoms with Crippen LogP contribution in [0, 0.1) is 18.2 Å². The van der Waals surface area contributed by atoms with Gasteiger partial charge in [0.15, 0.2) is 0 Å². The van der Waals surface area contributed by atoms with Crippen molar-refractivity contribution in [3.05, 3.63) is 22.4 Å². The Labute approximate surface area is 120 Å². The largest absolute Gasteiger partial charge is 0.398 e. The third-order valence-electron chi connectivity index (χ3n) is 2.42. The number of nitrogens with two attached hydrogens (primary N) is 1. The van der Waals surface area contributed by atoms with Crippen LogP contribution in [-0.4, -0.2) is 14.5 Å². The van der Waals surface area contributed by atoms with Crippen LogP contribution < -0.4 is 10.5 Å². The highest BCUT2D eigenvalue weighted by Gasteiger charge is 2.23. The molecule has 4 nitrogen and oxygen atoms in total. The molecule has 1 aromatic carbocycles. The van der Waals surface area contributed by atoms with Gasteiger partial charge in [-0.15, -0.1) is 6.42 Å². The van der Waals surface area contributed by atoms with Gasteiger partial charge in [-0.1, -0.05) is 19.3 Å². The Kier molecular flexibility index (Phi) is 5.35. The number of halogens is 2. The van der Waals surface area contributed by atoms with E-state index in [0.717, 1.165) is 12.1 Å². The highest BCUT2D eigenvalue weighted by Crippen LogP contribution is 2.26. The number of hydrogen-bond acceptors (Lipinski definition) is 3. The summed E-state index contributed by atoms with van der Waals surface area (Å²) in [5, 5.41) is 0. The zero-order valence-corrected chi connectivity index (χ0v) is 12.7. The molecule has 0 amide bonds. The summed E-state index contributed by atoms with van der Waals surface area (Å²) in [6.07, 6.45) is 6.42. The van der Waals surface area contributed by atoms with Crippen molar-refractivity contribution in [3.8, 4) is 12.3 Å². The summed E-state index contributed by atoms with van der Waals surface area (Å²) in [5.41, 5.74) is 5.70. The Morgan fingerprint density at radius 3 is 2.74 bits per heavy atom. The fourth-order valence-corrected chi connectivity index (χ4v) is 3.07. The van der Waals surface area contributed by atoms with Gasteiger partial charge in [0, 0.05) is 10.2 Å². The van der Waals surface area contributed by atoms with Crippen LogP contribution in [0.3, 0.4) is 0 Å².